The third kappa shape index (κ3) is 7.59. The summed E-state index contributed by atoms with van der Waals surface area (Å²) in [4.78, 5) is 4.46. The molecule has 1 aliphatic rings. The van der Waals surface area contributed by atoms with Gasteiger partial charge in [-0.15, -0.1) is 24.0 Å². The van der Waals surface area contributed by atoms with Gasteiger partial charge in [0.1, 0.15) is 5.75 Å². The molecule has 2 atom stereocenters. The summed E-state index contributed by atoms with van der Waals surface area (Å²) in [6.07, 6.45) is -3.21. The average molecular weight is 457 g/mol. The van der Waals surface area contributed by atoms with Crippen LogP contribution in [0.2, 0.25) is 0 Å². The van der Waals surface area contributed by atoms with E-state index in [0.29, 0.717) is 18.5 Å². The Bertz CT molecular complexity index is 552. The molecule has 0 aliphatic heterocycles. The lowest BCUT2D eigenvalue weighted by Gasteiger charge is -2.12. The monoisotopic (exact) mass is 457 g/mol. The lowest BCUT2D eigenvalue weighted by atomic mass is 10.2. The predicted molar refractivity (Wildman–Crippen MR) is 98.9 cm³/mol. The minimum Gasteiger partial charge on any atom is -0.484 e. The fourth-order valence-electron chi connectivity index (χ4n) is 2.09. The predicted octanol–water partition coefficient (Wildman–Crippen LogP) is 3.71. The van der Waals surface area contributed by atoms with E-state index < -0.39 is 12.8 Å². The Kier molecular flexibility index (Phi) is 8.11. The molecule has 2 N–H and O–H groups in total. The fraction of sp³-hybridized carbons (Fsp3) is 0.562. The molecule has 0 radical (unpaired) electrons. The van der Waals surface area contributed by atoms with Crippen molar-refractivity contribution in [2.45, 2.75) is 39.0 Å². The van der Waals surface area contributed by atoms with E-state index in [1.54, 1.807) is 12.1 Å². The molecule has 0 amide bonds. The van der Waals surface area contributed by atoms with Crippen LogP contribution in [0, 0.1) is 5.92 Å². The van der Waals surface area contributed by atoms with E-state index in [1.807, 2.05) is 13.0 Å². The topological polar surface area (TPSA) is 45.7 Å². The van der Waals surface area contributed by atoms with Crippen molar-refractivity contribution in [1.29, 1.82) is 0 Å². The minimum atomic E-state index is -4.34. The molecular weight excluding hydrogens is 434 g/mol. The summed E-state index contributed by atoms with van der Waals surface area (Å²) in [6.45, 7) is 3.99. The Morgan fingerprint density at radius 1 is 1.38 bits per heavy atom. The number of benzene rings is 1. The second kappa shape index (κ2) is 9.33. The van der Waals surface area contributed by atoms with Gasteiger partial charge in [0.05, 0.1) is 6.54 Å². The normalized spacial score (nSPS) is 20.1. The SMILES string of the molecule is CCNC(=NCc1cccc(OCC(F)(F)F)c1)NC1CC1C.I. The molecule has 4 nitrogen and oxygen atoms in total. The van der Waals surface area contributed by atoms with Crippen LogP contribution in [-0.4, -0.2) is 31.3 Å². The van der Waals surface area contributed by atoms with Crippen LogP contribution in [0.25, 0.3) is 0 Å². The molecule has 0 aromatic heterocycles. The van der Waals surface area contributed by atoms with Gasteiger partial charge in [-0.1, -0.05) is 19.1 Å². The highest BCUT2D eigenvalue weighted by Crippen LogP contribution is 2.28. The first-order valence-corrected chi connectivity index (χ1v) is 7.70. The fourth-order valence-corrected chi connectivity index (χ4v) is 2.09. The summed E-state index contributed by atoms with van der Waals surface area (Å²) < 4.78 is 41.3. The van der Waals surface area contributed by atoms with E-state index in [0.717, 1.165) is 24.5 Å². The van der Waals surface area contributed by atoms with Crippen molar-refractivity contribution >= 4 is 29.9 Å². The minimum absolute atomic E-state index is 0. The molecule has 2 unspecified atom stereocenters. The first-order chi connectivity index (χ1) is 10.9. The summed E-state index contributed by atoms with van der Waals surface area (Å²) in [6, 6.07) is 7.02. The average Bonchev–Trinajstić information content (AvgIpc) is 3.18. The zero-order valence-corrected chi connectivity index (χ0v) is 16.0. The molecule has 1 aromatic rings. The number of aliphatic imine (C=N–C) groups is 1. The molecular formula is C16H23F3IN3O. The molecule has 0 heterocycles. The molecule has 1 aromatic carbocycles. The van der Waals surface area contributed by atoms with Crippen molar-refractivity contribution in [2.24, 2.45) is 10.9 Å². The molecule has 0 bridgehead atoms. The zero-order valence-electron chi connectivity index (χ0n) is 13.7. The molecule has 2 rings (SSSR count). The number of nitrogens with one attached hydrogen (secondary N) is 2. The van der Waals surface area contributed by atoms with Crippen molar-refractivity contribution in [1.82, 2.24) is 10.6 Å². The van der Waals surface area contributed by atoms with E-state index in [9.17, 15) is 13.2 Å². The Morgan fingerprint density at radius 3 is 2.67 bits per heavy atom. The van der Waals surface area contributed by atoms with Crippen LogP contribution >= 0.6 is 24.0 Å². The first-order valence-electron chi connectivity index (χ1n) is 7.70. The maximum Gasteiger partial charge on any atom is 0.422 e. The molecule has 136 valence electrons. The van der Waals surface area contributed by atoms with Crippen LogP contribution in [0.5, 0.6) is 5.75 Å². The number of alkyl halides is 3. The van der Waals surface area contributed by atoms with Crippen molar-refractivity contribution in [3.63, 3.8) is 0 Å². The van der Waals surface area contributed by atoms with Gasteiger partial charge in [0.25, 0.3) is 0 Å². The Morgan fingerprint density at radius 2 is 2.08 bits per heavy atom. The van der Waals surface area contributed by atoms with Gasteiger partial charge in [0.15, 0.2) is 12.6 Å². The van der Waals surface area contributed by atoms with E-state index in [1.165, 1.54) is 6.07 Å². The number of rotatable bonds is 6. The van der Waals surface area contributed by atoms with Gasteiger partial charge in [0.2, 0.25) is 0 Å². The lowest BCUT2D eigenvalue weighted by Crippen LogP contribution is -2.39. The summed E-state index contributed by atoms with van der Waals surface area (Å²) >= 11 is 0. The highest BCUT2D eigenvalue weighted by Gasteiger charge is 2.33. The highest BCUT2D eigenvalue weighted by molar-refractivity contribution is 14.0. The van der Waals surface area contributed by atoms with Crippen LogP contribution in [0.4, 0.5) is 13.2 Å². The van der Waals surface area contributed by atoms with Gasteiger partial charge in [0, 0.05) is 12.6 Å². The van der Waals surface area contributed by atoms with E-state index in [2.05, 4.69) is 22.5 Å². The second-order valence-electron chi connectivity index (χ2n) is 5.71. The molecule has 1 fully saturated rings. The Labute approximate surface area is 157 Å². The van der Waals surface area contributed by atoms with E-state index in [4.69, 9.17) is 4.74 Å². The Hall–Kier alpha value is -1.19. The maximum absolute atomic E-state index is 12.2. The van der Waals surface area contributed by atoms with Crippen molar-refractivity contribution < 1.29 is 17.9 Å². The third-order valence-corrected chi connectivity index (χ3v) is 3.50. The number of hydrogen-bond donors (Lipinski definition) is 2. The number of hydrogen-bond acceptors (Lipinski definition) is 2. The van der Waals surface area contributed by atoms with E-state index >= 15 is 0 Å². The standard InChI is InChI=1S/C16H22F3N3O.HI/c1-3-20-15(22-14-7-11(14)2)21-9-12-5-4-6-13(8-12)23-10-16(17,18)19;/h4-6,8,11,14H,3,7,9-10H2,1-2H3,(H2,20,21,22);1H. The number of halogens is 4. The number of nitrogens with zero attached hydrogens (tertiary/aromatic N) is 1. The first kappa shape index (κ1) is 20.9. The van der Waals surface area contributed by atoms with Crippen molar-refractivity contribution in [3.8, 4) is 5.75 Å². The molecule has 1 saturated carbocycles. The van der Waals surface area contributed by atoms with Gasteiger partial charge < -0.3 is 15.4 Å². The number of ether oxygens (including phenoxy) is 1. The van der Waals surface area contributed by atoms with Gasteiger partial charge in [-0.3, -0.25) is 0 Å². The van der Waals surface area contributed by atoms with Crippen LogP contribution in [0.15, 0.2) is 29.3 Å². The summed E-state index contributed by atoms with van der Waals surface area (Å²) in [5, 5.41) is 6.49. The summed E-state index contributed by atoms with van der Waals surface area (Å²) in [5.41, 5.74) is 0.797. The molecule has 0 spiro atoms. The highest BCUT2D eigenvalue weighted by atomic mass is 127. The van der Waals surface area contributed by atoms with Crippen LogP contribution < -0.4 is 15.4 Å². The smallest absolute Gasteiger partial charge is 0.422 e. The maximum atomic E-state index is 12.2. The summed E-state index contributed by atoms with van der Waals surface area (Å²) in [5.74, 6) is 1.57. The molecule has 1 aliphatic carbocycles. The third-order valence-electron chi connectivity index (χ3n) is 3.50. The lowest BCUT2D eigenvalue weighted by molar-refractivity contribution is -0.153. The molecule has 0 saturated heterocycles. The second-order valence-corrected chi connectivity index (χ2v) is 5.71. The van der Waals surface area contributed by atoms with Crippen LogP contribution in [0.3, 0.4) is 0 Å². The molecule has 24 heavy (non-hydrogen) atoms. The van der Waals surface area contributed by atoms with Gasteiger partial charge in [-0.05, 0) is 37.0 Å². The quantitative estimate of drug-likeness (QED) is 0.389. The number of guanidine groups is 1. The van der Waals surface area contributed by atoms with Gasteiger partial charge >= 0.3 is 6.18 Å². The van der Waals surface area contributed by atoms with Crippen LogP contribution in [-0.2, 0) is 6.54 Å². The van der Waals surface area contributed by atoms with Gasteiger partial charge in [-0.2, -0.15) is 13.2 Å². The largest absolute Gasteiger partial charge is 0.484 e. The van der Waals surface area contributed by atoms with Crippen molar-refractivity contribution in [2.75, 3.05) is 13.2 Å². The molecule has 8 heteroatoms. The Balaban J connectivity index is 0.00000288. The van der Waals surface area contributed by atoms with Gasteiger partial charge in [-0.25, -0.2) is 4.99 Å². The summed E-state index contributed by atoms with van der Waals surface area (Å²) in [7, 11) is 0. The van der Waals surface area contributed by atoms with E-state index in [-0.39, 0.29) is 29.7 Å². The van der Waals surface area contributed by atoms with Crippen LogP contribution in [0.1, 0.15) is 25.8 Å². The van der Waals surface area contributed by atoms with Crippen molar-refractivity contribution in [3.05, 3.63) is 29.8 Å². The zero-order chi connectivity index (χ0) is 16.9.